The van der Waals surface area contributed by atoms with Crippen molar-refractivity contribution in [2.24, 2.45) is 0 Å². The topological polar surface area (TPSA) is 43.6 Å². The number of para-hydroxylation sites is 1. The van der Waals surface area contributed by atoms with Gasteiger partial charge < -0.3 is 4.57 Å². The first-order valence-electron chi connectivity index (χ1n) is 17.0. The van der Waals surface area contributed by atoms with Crippen LogP contribution in [-0.4, -0.2) is 19.5 Å². The third-order valence-corrected chi connectivity index (χ3v) is 9.70. The van der Waals surface area contributed by atoms with Crippen molar-refractivity contribution in [2.75, 3.05) is 0 Å². The van der Waals surface area contributed by atoms with Crippen molar-refractivity contribution in [1.29, 1.82) is 0 Å². The Morgan fingerprint density at radius 2 is 1.02 bits per heavy atom. The average molecular weight is 649 g/mol. The highest BCUT2D eigenvalue weighted by atomic mass is 15.1. The number of benzene rings is 7. The lowest BCUT2D eigenvalue weighted by Crippen LogP contribution is -2.04. The van der Waals surface area contributed by atoms with Gasteiger partial charge in [0.2, 0.25) is 0 Å². The summed E-state index contributed by atoms with van der Waals surface area (Å²) in [5, 5.41) is 6.78. The van der Waals surface area contributed by atoms with Crippen LogP contribution in [0.3, 0.4) is 0 Å². The van der Waals surface area contributed by atoms with Gasteiger partial charge >= 0.3 is 0 Å². The molecule has 4 heteroatoms. The van der Waals surface area contributed by atoms with Gasteiger partial charge in [0.1, 0.15) is 0 Å². The van der Waals surface area contributed by atoms with E-state index in [0.29, 0.717) is 17.5 Å². The predicted octanol–water partition coefficient (Wildman–Crippen LogP) is 11.5. The summed E-state index contributed by atoms with van der Waals surface area (Å²) in [5.74, 6) is 1.85. The Hall–Kier alpha value is -7.09. The highest BCUT2D eigenvalue weighted by Gasteiger charge is 2.21. The maximum atomic E-state index is 5.27. The fourth-order valence-electron chi connectivity index (χ4n) is 7.24. The largest absolute Gasteiger partial charge is 0.308 e. The van der Waals surface area contributed by atoms with Gasteiger partial charge in [-0.05, 0) is 63.0 Å². The van der Waals surface area contributed by atoms with Crippen LogP contribution in [0.5, 0.6) is 0 Å². The Kier molecular flexibility index (Phi) is 6.68. The maximum Gasteiger partial charge on any atom is 0.166 e. The van der Waals surface area contributed by atoms with Gasteiger partial charge in [-0.1, -0.05) is 152 Å². The van der Waals surface area contributed by atoms with Gasteiger partial charge in [0.05, 0.1) is 27.7 Å². The fraction of sp³-hybridized carbons (Fsp3) is 0. The van der Waals surface area contributed by atoms with E-state index < -0.39 is 0 Å². The molecule has 0 aliphatic rings. The quantitative estimate of drug-likeness (QED) is 0.187. The van der Waals surface area contributed by atoms with Crippen molar-refractivity contribution in [3.05, 3.63) is 182 Å². The smallest absolute Gasteiger partial charge is 0.166 e. The molecule has 0 unspecified atom stereocenters. The Labute approximate surface area is 295 Å². The summed E-state index contributed by atoms with van der Waals surface area (Å²) in [7, 11) is 0. The number of hydrogen-bond acceptors (Lipinski definition) is 3. The SMILES string of the molecule is c1ccc2c(c#1)c1ccccc1n2-c1ccc2ccccc2c1-c1nc(-c2ccccc2)nc(-c2ccc(-c3ccc4ccccc4c3)cc2)n1. The van der Waals surface area contributed by atoms with E-state index in [1.165, 1.54) is 16.3 Å². The molecular weight excluding hydrogens is 621 g/mol. The molecule has 0 N–H and O–H groups in total. The Morgan fingerprint density at radius 1 is 0.412 bits per heavy atom. The van der Waals surface area contributed by atoms with Gasteiger partial charge in [0.15, 0.2) is 17.5 Å². The molecule has 0 bridgehead atoms. The molecule has 4 nitrogen and oxygen atoms in total. The third kappa shape index (κ3) is 4.91. The van der Waals surface area contributed by atoms with Crippen molar-refractivity contribution in [3.63, 3.8) is 0 Å². The molecule has 0 amide bonds. The molecule has 236 valence electrons. The van der Waals surface area contributed by atoms with Crippen LogP contribution in [0.15, 0.2) is 170 Å². The van der Waals surface area contributed by atoms with Gasteiger partial charge in [-0.3, -0.25) is 0 Å². The van der Waals surface area contributed by atoms with Gasteiger partial charge in [-0.25, -0.2) is 15.0 Å². The van der Waals surface area contributed by atoms with Crippen molar-refractivity contribution in [1.82, 2.24) is 19.5 Å². The zero-order valence-corrected chi connectivity index (χ0v) is 27.5. The van der Waals surface area contributed by atoms with E-state index in [1.807, 2.05) is 24.3 Å². The fourth-order valence-corrected chi connectivity index (χ4v) is 7.24. The average Bonchev–Trinajstić information content (AvgIpc) is 3.54. The molecule has 51 heavy (non-hydrogen) atoms. The number of nitrogens with zero attached hydrogens (tertiary/aromatic N) is 4. The second-order valence-electron chi connectivity index (χ2n) is 12.7. The van der Waals surface area contributed by atoms with Crippen LogP contribution in [0, 0.1) is 12.1 Å². The van der Waals surface area contributed by atoms with Crippen LogP contribution in [0.1, 0.15) is 0 Å². The van der Waals surface area contributed by atoms with Crippen LogP contribution in [0.4, 0.5) is 0 Å². The lowest BCUT2D eigenvalue weighted by Gasteiger charge is -2.17. The van der Waals surface area contributed by atoms with Gasteiger partial charge in [0.25, 0.3) is 0 Å². The van der Waals surface area contributed by atoms with Crippen LogP contribution in [0.2, 0.25) is 0 Å². The van der Waals surface area contributed by atoms with E-state index in [2.05, 4.69) is 162 Å². The molecule has 0 saturated carbocycles. The minimum atomic E-state index is 0.613. The summed E-state index contributed by atoms with van der Waals surface area (Å²) in [6.07, 6.45) is 0. The number of fused-ring (bicyclic) bond motifs is 5. The first-order valence-corrected chi connectivity index (χ1v) is 17.0. The zero-order chi connectivity index (χ0) is 33.7. The highest BCUT2D eigenvalue weighted by Crippen LogP contribution is 2.39. The maximum absolute atomic E-state index is 5.27. The van der Waals surface area contributed by atoms with Crippen LogP contribution in [-0.2, 0) is 0 Å². The Bertz CT molecular complexity index is 2850. The lowest BCUT2D eigenvalue weighted by molar-refractivity contribution is 1.07. The molecule has 2 aromatic heterocycles. The third-order valence-electron chi connectivity index (χ3n) is 9.70. The van der Waals surface area contributed by atoms with E-state index in [1.54, 1.807) is 0 Å². The molecule has 2 heterocycles. The normalized spacial score (nSPS) is 11.4. The van der Waals surface area contributed by atoms with E-state index in [-0.39, 0.29) is 0 Å². The Balaban J connectivity index is 1.20. The molecule has 0 radical (unpaired) electrons. The van der Waals surface area contributed by atoms with E-state index in [0.717, 1.165) is 60.5 Å². The summed E-state index contributed by atoms with van der Waals surface area (Å²) < 4.78 is 2.31. The second-order valence-corrected chi connectivity index (χ2v) is 12.7. The molecule has 0 spiro atoms. The van der Waals surface area contributed by atoms with E-state index >= 15 is 0 Å². The van der Waals surface area contributed by atoms with Crippen molar-refractivity contribution >= 4 is 43.4 Å². The first kappa shape index (κ1) is 28.9. The molecule has 0 saturated heterocycles. The standard InChI is InChI=1S/C47H28N4/c1-2-14-34(15-3-1)45-48-46(35-25-22-32(23-26-35)37-27-24-31-12-4-5-16-36(31)30-37)50-47(49-45)44-38-17-7-6-13-33(38)28-29-43(44)51-41-20-10-8-18-39(41)40-19-9-11-21-42(40)51/h1-8,10-18,20-30H. The summed E-state index contributed by atoms with van der Waals surface area (Å²) in [4.78, 5) is 15.6. The van der Waals surface area contributed by atoms with Crippen molar-refractivity contribution in [2.45, 2.75) is 0 Å². The molecule has 10 aromatic rings. The molecular formula is C47H28N4. The minimum Gasteiger partial charge on any atom is -0.308 e. The molecule has 8 aromatic carbocycles. The van der Waals surface area contributed by atoms with Crippen molar-refractivity contribution in [3.8, 4) is 51.0 Å². The Morgan fingerprint density at radius 3 is 1.84 bits per heavy atom. The zero-order valence-electron chi connectivity index (χ0n) is 27.5. The summed E-state index contributed by atoms with van der Waals surface area (Å²) in [6.45, 7) is 0. The second kappa shape index (κ2) is 11.8. The molecule has 0 aliphatic carbocycles. The van der Waals surface area contributed by atoms with Crippen molar-refractivity contribution < 1.29 is 0 Å². The van der Waals surface area contributed by atoms with E-state index in [4.69, 9.17) is 15.0 Å². The molecule has 0 fully saturated rings. The molecule has 0 atom stereocenters. The summed E-state index contributed by atoms with van der Waals surface area (Å²) in [5.41, 5.74) is 8.22. The molecule has 10 rings (SSSR count). The van der Waals surface area contributed by atoms with Gasteiger partial charge in [0, 0.05) is 16.5 Å². The number of hydrogen-bond donors (Lipinski definition) is 0. The summed E-state index contributed by atoms with van der Waals surface area (Å²) in [6, 6.07) is 65.6. The van der Waals surface area contributed by atoms with Gasteiger partial charge in [-0.2, -0.15) is 0 Å². The summed E-state index contributed by atoms with van der Waals surface area (Å²) >= 11 is 0. The molecule has 0 aliphatic heterocycles. The minimum absolute atomic E-state index is 0.613. The first-order chi connectivity index (χ1) is 25.3. The lowest BCUT2D eigenvalue weighted by atomic mass is 10.00. The van der Waals surface area contributed by atoms with Gasteiger partial charge in [-0.15, -0.1) is 0 Å². The predicted molar refractivity (Wildman–Crippen MR) is 209 cm³/mol. The van der Waals surface area contributed by atoms with Crippen LogP contribution >= 0.6 is 0 Å². The highest BCUT2D eigenvalue weighted by molar-refractivity contribution is 6.10. The van der Waals surface area contributed by atoms with E-state index in [9.17, 15) is 0 Å². The van der Waals surface area contributed by atoms with Crippen LogP contribution < -0.4 is 0 Å². The van der Waals surface area contributed by atoms with Crippen LogP contribution in [0.25, 0.3) is 94.3 Å². The number of rotatable bonds is 5. The number of aromatic nitrogens is 4. The monoisotopic (exact) mass is 648 g/mol.